The van der Waals surface area contributed by atoms with Gasteiger partial charge in [0.05, 0.1) is 11.6 Å². The molecule has 4 heteroatoms. The molecule has 1 aromatic rings. The fourth-order valence-corrected chi connectivity index (χ4v) is 2.76. The summed E-state index contributed by atoms with van der Waals surface area (Å²) in [6.07, 6.45) is 1.71. The standard InChI is InChI=1S/C14H22N2O2/c1-11-5-3-4-6-12(11)13(16-15)14(17-2)7-9-18-10-8-14/h3-6,13,16H,7-10,15H2,1-2H3. The number of hydrazine groups is 1. The number of ether oxygens (including phenoxy) is 2. The van der Waals surface area contributed by atoms with Crippen LogP contribution in [0.3, 0.4) is 0 Å². The van der Waals surface area contributed by atoms with Gasteiger partial charge in [0.1, 0.15) is 0 Å². The van der Waals surface area contributed by atoms with Crippen LogP contribution in [0.25, 0.3) is 0 Å². The minimum absolute atomic E-state index is 0.00685. The highest BCUT2D eigenvalue weighted by atomic mass is 16.5. The topological polar surface area (TPSA) is 56.5 Å². The molecule has 0 amide bonds. The quantitative estimate of drug-likeness (QED) is 0.631. The van der Waals surface area contributed by atoms with E-state index in [-0.39, 0.29) is 11.6 Å². The molecule has 0 radical (unpaired) electrons. The lowest BCUT2D eigenvalue weighted by atomic mass is 9.81. The van der Waals surface area contributed by atoms with Gasteiger partial charge in [-0.25, -0.2) is 0 Å². The van der Waals surface area contributed by atoms with Crippen LogP contribution >= 0.6 is 0 Å². The lowest BCUT2D eigenvalue weighted by Crippen LogP contribution is -2.51. The number of aryl methyl sites for hydroxylation is 1. The third-order valence-corrected chi connectivity index (χ3v) is 3.94. The van der Waals surface area contributed by atoms with Crippen molar-refractivity contribution in [3.8, 4) is 0 Å². The molecule has 0 spiro atoms. The number of benzene rings is 1. The minimum atomic E-state index is -0.279. The molecule has 3 N–H and O–H groups in total. The molecule has 0 aromatic heterocycles. The predicted molar refractivity (Wildman–Crippen MR) is 71.0 cm³/mol. The number of hydrogen-bond donors (Lipinski definition) is 2. The summed E-state index contributed by atoms with van der Waals surface area (Å²) in [6, 6.07) is 8.27. The molecule has 1 atom stereocenters. The van der Waals surface area contributed by atoms with Gasteiger partial charge in [-0.05, 0) is 18.1 Å². The van der Waals surface area contributed by atoms with E-state index in [1.165, 1.54) is 11.1 Å². The van der Waals surface area contributed by atoms with Crippen molar-refractivity contribution < 1.29 is 9.47 Å². The fraction of sp³-hybridized carbons (Fsp3) is 0.571. The van der Waals surface area contributed by atoms with Crippen LogP contribution in [-0.2, 0) is 9.47 Å². The molecule has 1 aliphatic heterocycles. The largest absolute Gasteiger partial charge is 0.381 e. The van der Waals surface area contributed by atoms with E-state index in [4.69, 9.17) is 15.3 Å². The smallest absolute Gasteiger partial charge is 0.0929 e. The van der Waals surface area contributed by atoms with Crippen LogP contribution < -0.4 is 11.3 Å². The Labute approximate surface area is 108 Å². The molecule has 1 fully saturated rings. The average Bonchev–Trinajstić information content (AvgIpc) is 2.43. The maximum absolute atomic E-state index is 5.82. The van der Waals surface area contributed by atoms with Crippen molar-refractivity contribution in [2.24, 2.45) is 5.84 Å². The van der Waals surface area contributed by atoms with Gasteiger partial charge in [0.25, 0.3) is 0 Å². The van der Waals surface area contributed by atoms with Gasteiger partial charge >= 0.3 is 0 Å². The molecule has 100 valence electrons. The van der Waals surface area contributed by atoms with Crippen molar-refractivity contribution in [1.82, 2.24) is 5.43 Å². The van der Waals surface area contributed by atoms with Crippen LogP contribution in [-0.4, -0.2) is 25.9 Å². The van der Waals surface area contributed by atoms with Gasteiger partial charge in [-0.15, -0.1) is 0 Å². The molecule has 0 saturated carbocycles. The highest BCUT2D eigenvalue weighted by Gasteiger charge is 2.41. The number of nitrogens with one attached hydrogen (secondary N) is 1. The van der Waals surface area contributed by atoms with Crippen molar-refractivity contribution in [3.63, 3.8) is 0 Å². The first-order valence-electron chi connectivity index (χ1n) is 6.38. The van der Waals surface area contributed by atoms with Crippen molar-refractivity contribution in [2.45, 2.75) is 31.4 Å². The maximum atomic E-state index is 5.82. The van der Waals surface area contributed by atoms with E-state index in [0.29, 0.717) is 0 Å². The van der Waals surface area contributed by atoms with E-state index in [2.05, 4.69) is 24.5 Å². The molecular weight excluding hydrogens is 228 g/mol. The van der Waals surface area contributed by atoms with Gasteiger partial charge in [0.2, 0.25) is 0 Å². The molecule has 2 rings (SSSR count). The van der Waals surface area contributed by atoms with Crippen LogP contribution in [0.15, 0.2) is 24.3 Å². The van der Waals surface area contributed by atoms with Gasteiger partial charge in [-0.2, -0.15) is 0 Å². The Morgan fingerprint density at radius 2 is 2.00 bits per heavy atom. The van der Waals surface area contributed by atoms with Gasteiger partial charge in [-0.3, -0.25) is 11.3 Å². The van der Waals surface area contributed by atoms with Gasteiger partial charge in [0, 0.05) is 33.2 Å². The van der Waals surface area contributed by atoms with Crippen LogP contribution in [0.4, 0.5) is 0 Å². The Morgan fingerprint density at radius 3 is 2.56 bits per heavy atom. The van der Waals surface area contributed by atoms with Crippen LogP contribution in [0, 0.1) is 6.92 Å². The summed E-state index contributed by atoms with van der Waals surface area (Å²) in [6.45, 7) is 3.54. The second kappa shape index (κ2) is 5.80. The predicted octanol–water partition coefficient (Wildman–Crippen LogP) is 1.70. The number of methoxy groups -OCH3 is 1. The SMILES string of the molecule is COC1(C(NN)c2ccccc2C)CCOCC1. The summed E-state index contributed by atoms with van der Waals surface area (Å²) in [7, 11) is 1.76. The van der Waals surface area contributed by atoms with Crippen molar-refractivity contribution >= 4 is 0 Å². The first-order valence-corrected chi connectivity index (χ1v) is 6.38. The Kier molecular flexibility index (Phi) is 4.35. The van der Waals surface area contributed by atoms with Crippen LogP contribution in [0.5, 0.6) is 0 Å². The van der Waals surface area contributed by atoms with Gasteiger partial charge in [0.15, 0.2) is 0 Å². The first-order chi connectivity index (χ1) is 8.73. The van der Waals surface area contributed by atoms with Crippen molar-refractivity contribution in [1.29, 1.82) is 0 Å². The zero-order chi connectivity index (χ0) is 13.0. The summed E-state index contributed by atoms with van der Waals surface area (Å²) in [5.74, 6) is 5.79. The summed E-state index contributed by atoms with van der Waals surface area (Å²) in [4.78, 5) is 0. The molecule has 1 heterocycles. The lowest BCUT2D eigenvalue weighted by Gasteiger charge is -2.42. The zero-order valence-electron chi connectivity index (χ0n) is 11.1. The third-order valence-electron chi connectivity index (χ3n) is 3.94. The molecule has 1 aromatic carbocycles. The second-order valence-electron chi connectivity index (χ2n) is 4.84. The Hall–Kier alpha value is -0.940. The summed E-state index contributed by atoms with van der Waals surface area (Å²) < 4.78 is 11.3. The monoisotopic (exact) mass is 250 g/mol. The summed E-state index contributed by atoms with van der Waals surface area (Å²) in [5.41, 5.74) is 5.08. The average molecular weight is 250 g/mol. The Morgan fingerprint density at radius 1 is 1.33 bits per heavy atom. The van der Waals surface area contributed by atoms with Crippen LogP contribution in [0.1, 0.15) is 30.0 Å². The lowest BCUT2D eigenvalue weighted by molar-refractivity contribution is -0.111. The highest BCUT2D eigenvalue weighted by Crippen LogP contribution is 2.37. The molecule has 18 heavy (non-hydrogen) atoms. The number of nitrogens with two attached hydrogens (primary N) is 1. The maximum Gasteiger partial charge on any atom is 0.0929 e. The molecule has 1 aliphatic rings. The summed E-state index contributed by atoms with van der Waals surface area (Å²) >= 11 is 0. The van der Waals surface area contributed by atoms with Crippen molar-refractivity contribution in [3.05, 3.63) is 35.4 Å². The van der Waals surface area contributed by atoms with Gasteiger partial charge < -0.3 is 9.47 Å². The van der Waals surface area contributed by atoms with E-state index in [9.17, 15) is 0 Å². The highest BCUT2D eigenvalue weighted by molar-refractivity contribution is 5.31. The molecule has 1 unspecified atom stereocenters. The van der Waals surface area contributed by atoms with E-state index in [0.717, 1.165) is 26.1 Å². The first kappa shape index (κ1) is 13.5. The fourth-order valence-electron chi connectivity index (χ4n) is 2.76. The molecule has 0 aliphatic carbocycles. The Balaban J connectivity index is 2.34. The van der Waals surface area contributed by atoms with E-state index < -0.39 is 0 Å². The number of hydrogen-bond acceptors (Lipinski definition) is 4. The third kappa shape index (κ3) is 2.42. The Bertz CT molecular complexity index is 389. The second-order valence-corrected chi connectivity index (χ2v) is 4.84. The van der Waals surface area contributed by atoms with E-state index >= 15 is 0 Å². The molecule has 4 nitrogen and oxygen atoms in total. The summed E-state index contributed by atoms with van der Waals surface area (Å²) in [5, 5.41) is 0. The number of rotatable bonds is 4. The van der Waals surface area contributed by atoms with Gasteiger partial charge in [-0.1, -0.05) is 24.3 Å². The minimum Gasteiger partial charge on any atom is -0.381 e. The van der Waals surface area contributed by atoms with E-state index in [1.807, 2.05) is 12.1 Å². The van der Waals surface area contributed by atoms with Crippen LogP contribution in [0.2, 0.25) is 0 Å². The van der Waals surface area contributed by atoms with Crippen molar-refractivity contribution in [2.75, 3.05) is 20.3 Å². The van der Waals surface area contributed by atoms with E-state index in [1.54, 1.807) is 7.11 Å². The zero-order valence-corrected chi connectivity index (χ0v) is 11.1. The normalized spacial score (nSPS) is 20.6. The molecule has 0 bridgehead atoms. The molecule has 1 saturated heterocycles. The molecular formula is C14H22N2O2.